The third-order valence-corrected chi connectivity index (χ3v) is 3.29. The van der Waals surface area contributed by atoms with E-state index in [1.165, 1.54) is 16.8 Å². The van der Waals surface area contributed by atoms with Crippen molar-refractivity contribution in [2.24, 2.45) is 0 Å². The molecule has 1 amide bonds. The van der Waals surface area contributed by atoms with Crippen LogP contribution in [0.3, 0.4) is 0 Å². The number of aromatic nitrogens is 2. The van der Waals surface area contributed by atoms with Gasteiger partial charge in [-0.1, -0.05) is 29.8 Å². The van der Waals surface area contributed by atoms with E-state index >= 15 is 0 Å². The minimum atomic E-state index is -0.201. The molecule has 1 aromatic heterocycles. The second-order valence-corrected chi connectivity index (χ2v) is 4.99. The van der Waals surface area contributed by atoms with Gasteiger partial charge in [-0.3, -0.25) is 9.59 Å². The van der Waals surface area contributed by atoms with Crippen LogP contribution in [0.2, 0.25) is 5.02 Å². The first kappa shape index (κ1) is 16.0. The number of nitrogens with one attached hydrogen (secondary N) is 1. The van der Waals surface area contributed by atoms with Crippen LogP contribution in [0.15, 0.2) is 53.5 Å². The molecule has 0 bridgehead atoms. The number of carbonyl (C=O) groups is 1. The van der Waals surface area contributed by atoms with Crippen molar-refractivity contribution in [2.75, 3.05) is 6.54 Å². The molecule has 5 nitrogen and oxygen atoms in total. The van der Waals surface area contributed by atoms with Crippen molar-refractivity contribution in [3.63, 3.8) is 0 Å². The first-order valence-electron chi connectivity index (χ1n) is 6.89. The van der Waals surface area contributed by atoms with Gasteiger partial charge in [-0.15, -0.1) is 0 Å². The average Bonchev–Trinajstić information content (AvgIpc) is 2.52. The Hall–Kier alpha value is -2.40. The fourth-order valence-electron chi connectivity index (χ4n) is 1.83. The Morgan fingerprint density at radius 1 is 1.27 bits per heavy atom. The maximum Gasteiger partial charge on any atom is 0.266 e. The third kappa shape index (κ3) is 4.86. The SMILES string of the molecule is O=C(/C=C/c1ccccc1Cl)NCCCn1ncccc1=O. The molecule has 0 fully saturated rings. The molecule has 114 valence electrons. The van der Waals surface area contributed by atoms with Gasteiger partial charge >= 0.3 is 0 Å². The molecule has 0 aliphatic rings. The van der Waals surface area contributed by atoms with Gasteiger partial charge in [0.1, 0.15) is 0 Å². The third-order valence-electron chi connectivity index (χ3n) is 2.95. The molecule has 0 spiro atoms. The molecule has 0 atom stereocenters. The van der Waals surface area contributed by atoms with Gasteiger partial charge in [0, 0.05) is 36.5 Å². The average molecular weight is 318 g/mol. The summed E-state index contributed by atoms with van der Waals surface area (Å²) in [5.74, 6) is -0.201. The summed E-state index contributed by atoms with van der Waals surface area (Å²) in [7, 11) is 0. The lowest BCUT2D eigenvalue weighted by Gasteiger charge is -2.04. The monoisotopic (exact) mass is 317 g/mol. The highest BCUT2D eigenvalue weighted by Crippen LogP contribution is 2.15. The maximum atomic E-state index is 11.7. The minimum absolute atomic E-state index is 0.146. The van der Waals surface area contributed by atoms with E-state index in [2.05, 4.69) is 10.4 Å². The topological polar surface area (TPSA) is 64.0 Å². The standard InChI is InChI=1S/C16H16ClN3O2/c17-14-6-2-1-5-13(14)8-9-15(21)18-10-4-12-20-16(22)7-3-11-19-20/h1-3,5-9,11H,4,10,12H2,(H,18,21)/b9-8+. The number of halogens is 1. The summed E-state index contributed by atoms with van der Waals surface area (Å²) in [6, 6.07) is 10.3. The normalized spacial score (nSPS) is 10.8. The summed E-state index contributed by atoms with van der Waals surface area (Å²) >= 11 is 5.99. The highest BCUT2D eigenvalue weighted by molar-refractivity contribution is 6.32. The summed E-state index contributed by atoms with van der Waals surface area (Å²) in [5.41, 5.74) is 0.645. The van der Waals surface area contributed by atoms with E-state index in [4.69, 9.17) is 11.6 Å². The predicted octanol–water partition coefficient (Wildman–Crippen LogP) is 2.12. The second-order valence-electron chi connectivity index (χ2n) is 4.58. The van der Waals surface area contributed by atoms with Crippen LogP contribution in [-0.2, 0) is 11.3 Å². The lowest BCUT2D eigenvalue weighted by Crippen LogP contribution is -2.26. The zero-order chi connectivity index (χ0) is 15.8. The second kappa shape index (κ2) is 8.14. The van der Waals surface area contributed by atoms with Crippen LogP contribution in [0, 0.1) is 0 Å². The molecule has 1 heterocycles. The Bertz CT molecular complexity index is 725. The van der Waals surface area contributed by atoms with Crippen molar-refractivity contribution in [3.8, 4) is 0 Å². The van der Waals surface area contributed by atoms with Crippen LogP contribution in [0.1, 0.15) is 12.0 Å². The summed E-state index contributed by atoms with van der Waals surface area (Å²) in [4.78, 5) is 23.1. The first-order valence-corrected chi connectivity index (χ1v) is 7.27. The lowest BCUT2D eigenvalue weighted by atomic mass is 10.2. The van der Waals surface area contributed by atoms with Gasteiger partial charge in [0.25, 0.3) is 5.56 Å². The number of benzene rings is 1. The van der Waals surface area contributed by atoms with Crippen LogP contribution in [-0.4, -0.2) is 22.2 Å². The highest BCUT2D eigenvalue weighted by Gasteiger charge is 1.99. The molecule has 0 unspecified atom stereocenters. The Labute approximate surface area is 133 Å². The molecule has 0 saturated carbocycles. The Morgan fingerprint density at radius 2 is 2.09 bits per heavy atom. The van der Waals surface area contributed by atoms with Crippen molar-refractivity contribution in [1.29, 1.82) is 0 Å². The fourth-order valence-corrected chi connectivity index (χ4v) is 2.03. The van der Waals surface area contributed by atoms with Gasteiger partial charge in [-0.25, -0.2) is 4.68 Å². The maximum absolute atomic E-state index is 11.7. The first-order chi connectivity index (χ1) is 10.7. The smallest absolute Gasteiger partial charge is 0.266 e. The molecular formula is C16H16ClN3O2. The van der Waals surface area contributed by atoms with Gasteiger partial charge in [0.05, 0.1) is 0 Å². The summed E-state index contributed by atoms with van der Waals surface area (Å²) in [6.45, 7) is 0.933. The molecule has 0 saturated heterocycles. The van der Waals surface area contributed by atoms with Gasteiger partial charge in [-0.05, 0) is 30.2 Å². The van der Waals surface area contributed by atoms with E-state index in [1.54, 1.807) is 24.4 Å². The highest BCUT2D eigenvalue weighted by atomic mass is 35.5. The summed E-state index contributed by atoms with van der Waals surface area (Å²) < 4.78 is 1.37. The van der Waals surface area contributed by atoms with E-state index in [9.17, 15) is 9.59 Å². The van der Waals surface area contributed by atoms with Crippen molar-refractivity contribution in [1.82, 2.24) is 15.1 Å². The summed E-state index contributed by atoms with van der Waals surface area (Å²) in [5, 5.41) is 7.29. The molecule has 22 heavy (non-hydrogen) atoms. The number of carbonyl (C=O) groups excluding carboxylic acids is 1. The molecule has 6 heteroatoms. The Kier molecular flexibility index (Phi) is 5.91. The number of hydrogen-bond donors (Lipinski definition) is 1. The molecule has 0 aliphatic heterocycles. The van der Waals surface area contributed by atoms with Crippen molar-refractivity contribution < 1.29 is 4.79 Å². The van der Waals surface area contributed by atoms with Crippen LogP contribution in [0.4, 0.5) is 0 Å². The molecule has 1 N–H and O–H groups in total. The molecule has 1 aromatic carbocycles. The van der Waals surface area contributed by atoms with Crippen LogP contribution in [0.25, 0.3) is 6.08 Å². The van der Waals surface area contributed by atoms with Gasteiger partial charge in [0.2, 0.25) is 5.91 Å². The van der Waals surface area contributed by atoms with E-state index in [-0.39, 0.29) is 11.5 Å². The lowest BCUT2D eigenvalue weighted by molar-refractivity contribution is -0.116. The number of amides is 1. The van der Waals surface area contributed by atoms with Gasteiger partial charge in [-0.2, -0.15) is 5.10 Å². The van der Waals surface area contributed by atoms with Crippen molar-refractivity contribution in [2.45, 2.75) is 13.0 Å². The molecule has 2 rings (SSSR count). The van der Waals surface area contributed by atoms with Gasteiger partial charge in [0.15, 0.2) is 0 Å². The molecule has 2 aromatic rings. The molecule has 0 aliphatic carbocycles. The minimum Gasteiger partial charge on any atom is -0.352 e. The van der Waals surface area contributed by atoms with Gasteiger partial charge < -0.3 is 5.32 Å². The predicted molar refractivity (Wildman–Crippen MR) is 86.6 cm³/mol. The van der Waals surface area contributed by atoms with E-state index in [1.807, 2.05) is 18.2 Å². The summed E-state index contributed by atoms with van der Waals surface area (Å²) in [6.07, 6.45) is 5.30. The zero-order valence-corrected chi connectivity index (χ0v) is 12.7. The fraction of sp³-hybridized carbons (Fsp3) is 0.188. The zero-order valence-electron chi connectivity index (χ0n) is 11.9. The largest absolute Gasteiger partial charge is 0.352 e. The van der Waals surface area contributed by atoms with E-state index in [0.29, 0.717) is 24.5 Å². The quantitative estimate of drug-likeness (QED) is 0.655. The molecular weight excluding hydrogens is 302 g/mol. The van der Waals surface area contributed by atoms with Crippen molar-refractivity contribution in [3.05, 3.63) is 69.6 Å². The Morgan fingerprint density at radius 3 is 2.86 bits per heavy atom. The van der Waals surface area contributed by atoms with Crippen LogP contribution in [0.5, 0.6) is 0 Å². The van der Waals surface area contributed by atoms with E-state index in [0.717, 1.165) is 5.56 Å². The number of nitrogens with zero attached hydrogens (tertiary/aromatic N) is 2. The van der Waals surface area contributed by atoms with Crippen LogP contribution < -0.4 is 10.9 Å². The van der Waals surface area contributed by atoms with Crippen molar-refractivity contribution >= 4 is 23.6 Å². The number of aryl methyl sites for hydroxylation is 1. The molecule has 0 radical (unpaired) electrons. The van der Waals surface area contributed by atoms with E-state index < -0.39 is 0 Å². The number of hydrogen-bond acceptors (Lipinski definition) is 3. The van der Waals surface area contributed by atoms with Crippen LogP contribution >= 0.6 is 11.6 Å². The Balaban J connectivity index is 1.76. The number of rotatable bonds is 6.